The molecule has 0 saturated carbocycles. The average Bonchev–Trinajstić information content (AvgIpc) is 2.96. The molecule has 0 aliphatic carbocycles. The summed E-state index contributed by atoms with van der Waals surface area (Å²) in [6, 6.07) is 14.7. The minimum atomic E-state index is 0.523. The largest absolute Gasteiger partial charge is 0.493 e. The van der Waals surface area contributed by atoms with Crippen LogP contribution in [0.1, 0.15) is 37.3 Å². The third-order valence-corrected chi connectivity index (χ3v) is 4.21. The molecule has 0 unspecified atom stereocenters. The molecule has 0 N–H and O–H groups in total. The zero-order valence-electron chi connectivity index (χ0n) is 14.1. The normalized spacial score (nSPS) is 11.3. The molecule has 0 spiro atoms. The molecule has 0 radical (unpaired) electrons. The molecule has 0 atom stereocenters. The molecule has 0 fully saturated rings. The molecule has 3 heteroatoms. The maximum Gasteiger partial charge on any atom is 0.122 e. The van der Waals surface area contributed by atoms with Gasteiger partial charge in [-0.3, -0.25) is 0 Å². The van der Waals surface area contributed by atoms with Gasteiger partial charge < -0.3 is 9.30 Å². The number of ether oxygens (including phenoxy) is 1. The summed E-state index contributed by atoms with van der Waals surface area (Å²) in [5.41, 5.74) is 4.76. The van der Waals surface area contributed by atoms with Crippen LogP contribution < -0.4 is 4.74 Å². The Morgan fingerprint density at radius 1 is 1.13 bits per heavy atom. The highest BCUT2D eigenvalue weighted by molar-refractivity contribution is 5.74. The third kappa shape index (κ3) is 3.55. The van der Waals surface area contributed by atoms with Crippen molar-refractivity contribution in [2.24, 2.45) is 0 Å². The van der Waals surface area contributed by atoms with E-state index < -0.39 is 0 Å². The van der Waals surface area contributed by atoms with E-state index in [0.717, 1.165) is 30.8 Å². The maximum atomic E-state index is 6.00. The van der Waals surface area contributed by atoms with Crippen molar-refractivity contribution in [3.63, 3.8) is 0 Å². The number of para-hydroxylation sites is 2. The number of nitrogens with zero attached hydrogens (tertiary/aromatic N) is 2. The van der Waals surface area contributed by atoms with Crippen LogP contribution in [-0.4, -0.2) is 16.2 Å². The van der Waals surface area contributed by atoms with Crippen LogP contribution >= 0.6 is 0 Å². The number of hydrogen-bond donors (Lipinski definition) is 0. The molecule has 23 heavy (non-hydrogen) atoms. The van der Waals surface area contributed by atoms with Crippen molar-refractivity contribution >= 4 is 11.0 Å². The van der Waals surface area contributed by atoms with Gasteiger partial charge in [0.2, 0.25) is 0 Å². The molecule has 0 saturated heterocycles. The number of aromatic nitrogens is 2. The second-order valence-electron chi connectivity index (χ2n) is 6.31. The van der Waals surface area contributed by atoms with E-state index in [2.05, 4.69) is 60.7 Å². The summed E-state index contributed by atoms with van der Waals surface area (Å²) in [5, 5.41) is 0. The second kappa shape index (κ2) is 6.86. The van der Waals surface area contributed by atoms with Crippen LogP contribution in [0.25, 0.3) is 11.0 Å². The molecule has 3 rings (SSSR count). The summed E-state index contributed by atoms with van der Waals surface area (Å²) < 4.78 is 8.19. The van der Waals surface area contributed by atoms with Gasteiger partial charge in [0.25, 0.3) is 0 Å². The van der Waals surface area contributed by atoms with Gasteiger partial charge in [-0.25, -0.2) is 4.98 Å². The van der Waals surface area contributed by atoms with Gasteiger partial charge in [0.15, 0.2) is 0 Å². The number of rotatable bonds is 6. The van der Waals surface area contributed by atoms with Gasteiger partial charge in [-0.15, -0.1) is 0 Å². The lowest BCUT2D eigenvalue weighted by atomic mass is 10.0. The topological polar surface area (TPSA) is 27.1 Å². The Balaban J connectivity index is 1.59. The fraction of sp³-hybridized carbons (Fsp3) is 0.350. The summed E-state index contributed by atoms with van der Waals surface area (Å²) >= 11 is 0. The molecule has 3 aromatic rings. The molecular weight excluding hydrogens is 284 g/mol. The van der Waals surface area contributed by atoms with Crippen LogP contribution in [0.15, 0.2) is 48.8 Å². The predicted molar refractivity (Wildman–Crippen MR) is 95.1 cm³/mol. The Morgan fingerprint density at radius 2 is 1.96 bits per heavy atom. The first-order chi connectivity index (χ1) is 11.1. The smallest absolute Gasteiger partial charge is 0.122 e. The first kappa shape index (κ1) is 15.6. The van der Waals surface area contributed by atoms with Crippen molar-refractivity contribution < 1.29 is 4.74 Å². The Labute approximate surface area is 137 Å². The highest BCUT2D eigenvalue weighted by atomic mass is 16.5. The van der Waals surface area contributed by atoms with Crippen molar-refractivity contribution in [1.82, 2.24) is 9.55 Å². The van der Waals surface area contributed by atoms with Crippen molar-refractivity contribution in [3.05, 3.63) is 59.9 Å². The number of benzene rings is 2. The monoisotopic (exact) mass is 308 g/mol. The van der Waals surface area contributed by atoms with E-state index in [1.165, 1.54) is 16.6 Å². The molecule has 1 aromatic heterocycles. The highest BCUT2D eigenvalue weighted by Gasteiger charge is 2.05. The van der Waals surface area contributed by atoms with E-state index >= 15 is 0 Å². The molecule has 0 aliphatic heterocycles. The van der Waals surface area contributed by atoms with Crippen molar-refractivity contribution in [3.8, 4) is 5.75 Å². The zero-order chi connectivity index (χ0) is 16.2. The Bertz CT molecular complexity index is 789. The average molecular weight is 308 g/mol. The summed E-state index contributed by atoms with van der Waals surface area (Å²) in [4.78, 5) is 4.42. The Morgan fingerprint density at radius 3 is 2.78 bits per heavy atom. The van der Waals surface area contributed by atoms with E-state index in [1.807, 2.05) is 18.5 Å². The van der Waals surface area contributed by atoms with E-state index in [9.17, 15) is 0 Å². The van der Waals surface area contributed by atoms with E-state index in [4.69, 9.17) is 4.74 Å². The SMILES string of the molecule is Cc1ccc(C(C)C)cc1OCCCn1cnc2ccccc21. The molecule has 0 bridgehead atoms. The highest BCUT2D eigenvalue weighted by Crippen LogP contribution is 2.24. The van der Waals surface area contributed by atoms with Gasteiger partial charge in [0, 0.05) is 6.54 Å². The van der Waals surface area contributed by atoms with Gasteiger partial charge in [-0.05, 0) is 48.6 Å². The maximum absolute atomic E-state index is 6.00. The van der Waals surface area contributed by atoms with Crippen LogP contribution in [0, 0.1) is 6.92 Å². The van der Waals surface area contributed by atoms with Gasteiger partial charge in [0.05, 0.1) is 24.0 Å². The Kier molecular flexibility index (Phi) is 4.65. The number of fused-ring (bicyclic) bond motifs is 1. The van der Waals surface area contributed by atoms with Crippen molar-refractivity contribution in [1.29, 1.82) is 0 Å². The molecular formula is C20H24N2O. The molecule has 0 amide bonds. The first-order valence-corrected chi connectivity index (χ1v) is 8.28. The van der Waals surface area contributed by atoms with Crippen molar-refractivity contribution in [2.45, 2.75) is 39.7 Å². The van der Waals surface area contributed by atoms with Gasteiger partial charge in [0.1, 0.15) is 5.75 Å². The summed E-state index contributed by atoms with van der Waals surface area (Å²) in [7, 11) is 0. The lowest BCUT2D eigenvalue weighted by Crippen LogP contribution is -2.05. The Hall–Kier alpha value is -2.29. The summed E-state index contributed by atoms with van der Waals surface area (Å²) in [5.74, 6) is 1.53. The fourth-order valence-electron chi connectivity index (χ4n) is 2.74. The lowest BCUT2D eigenvalue weighted by molar-refractivity contribution is 0.300. The number of imidazole rings is 1. The van der Waals surface area contributed by atoms with Gasteiger partial charge in [-0.1, -0.05) is 38.1 Å². The summed E-state index contributed by atoms with van der Waals surface area (Å²) in [6.45, 7) is 8.15. The zero-order valence-corrected chi connectivity index (χ0v) is 14.1. The van der Waals surface area contributed by atoms with Gasteiger partial charge >= 0.3 is 0 Å². The van der Waals surface area contributed by atoms with Crippen LogP contribution in [0.3, 0.4) is 0 Å². The van der Waals surface area contributed by atoms with Crippen LogP contribution in [0.4, 0.5) is 0 Å². The minimum absolute atomic E-state index is 0.523. The van der Waals surface area contributed by atoms with Crippen LogP contribution in [-0.2, 0) is 6.54 Å². The predicted octanol–water partition coefficient (Wildman–Crippen LogP) is 4.94. The van der Waals surface area contributed by atoms with Gasteiger partial charge in [-0.2, -0.15) is 0 Å². The molecule has 0 aliphatic rings. The van der Waals surface area contributed by atoms with Crippen LogP contribution in [0.2, 0.25) is 0 Å². The molecule has 120 valence electrons. The molecule has 3 nitrogen and oxygen atoms in total. The lowest BCUT2D eigenvalue weighted by Gasteiger charge is -2.13. The first-order valence-electron chi connectivity index (χ1n) is 8.28. The summed E-state index contributed by atoms with van der Waals surface area (Å²) in [6.07, 6.45) is 2.88. The van der Waals surface area contributed by atoms with E-state index in [-0.39, 0.29) is 0 Å². The van der Waals surface area contributed by atoms with Crippen molar-refractivity contribution in [2.75, 3.05) is 6.61 Å². The molecule has 2 aromatic carbocycles. The number of aryl methyl sites for hydroxylation is 2. The van der Waals surface area contributed by atoms with E-state index in [0.29, 0.717) is 5.92 Å². The standard InChI is InChI=1S/C20H24N2O/c1-15(2)17-10-9-16(3)20(13-17)23-12-6-11-22-14-21-18-7-4-5-8-19(18)22/h4-5,7-10,13-15H,6,11-12H2,1-3H3. The van der Waals surface area contributed by atoms with E-state index in [1.54, 1.807) is 0 Å². The fourth-order valence-corrected chi connectivity index (χ4v) is 2.74. The molecule has 1 heterocycles. The third-order valence-electron chi connectivity index (χ3n) is 4.21. The second-order valence-corrected chi connectivity index (χ2v) is 6.31. The minimum Gasteiger partial charge on any atom is -0.493 e. The number of hydrogen-bond acceptors (Lipinski definition) is 2. The van der Waals surface area contributed by atoms with Crippen LogP contribution in [0.5, 0.6) is 5.75 Å². The quantitative estimate of drug-likeness (QED) is 0.603.